The number of nitrogens with zero attached hydrogens (tertiary/aromatic N) is 1. The molecule has 0 heterocycles. The molecule has 1 aromatic carbocycles. The van der Waals surface area contributed by atoms with Gasteiger partial charge in [0.2, 0.25) is 0 Å². The third kappa shape index (κ3) is 2.65. The SMILES string of the molecule is CCOc1cccc(C(O)CC#N)c1OC. The predicted octanol–water partition coefficient (Wildman–Crippen LogP) is 2.04. The van der Waals surface area contributed by atoms with Crippen LogP contribution in [0, 0.1) is 11.3 Å². The topological polar surface area (TPSA) is 62.5 Å². The Bertz CT molecular complexity index is 384. The van der Waals surface area contributed by atoms with Gasteiger partial charge < -0.3 is 14.6 Å². The van der Waals surface area contributed by atoms with E-state index in [1.807, 2.05) is 13.0 Å². The molecule has 4 nitrogen and oxygen atoms in total. The van der Waals surface area contributed by atoms with Crippen LogP contribution < -0.4 is 9.47 Å². The number of methoxy groups -OCH3 is 1. The summed E-state index contributed by atoms with van der Waals surface area (Å²) in [5.74, 6) is 1.08. The first kappa shape index (κ1) is 12.3. The van der Waals surface area contributed by atoms with E-state index in [2.05, 4.69) is 0 Å². The van der Waals surface area contributed by atoms with Crippen molar-refractivity contribution in [3.05, 3.63) is 23.8 Å². The minimum Gasteiger partial charge on any atom is -0.492 e. The molecule has 1 aromatic rings. The van der Waals surface area contributed by atoms with E-state index in [-0.39, 0.29) is 6.42 Å². The minimum atomic E-state index is -0.847. The third-order valence-corrected chi connectivity index (χ3v) is 2.16. The van der Waals surface area contributed by atoms with Gasteiger partial charge in [0.05, 0.1) is 32.3 Å². The number of ether oxygens (including phenoxy) is 2. The van der Waals surface area contributed by atoms with Crippen molar-refractivity contribution in [2.24, 2.45) is 0 Å². The van der Waals surface area contributed by atoms with E-state index in [1.54, 1.807) is 18.2 Å². The first-order valence-electron chi connectivity index (χ1n) is 5.09. The predicted molar refractivity (Wildman–Crippen MR) is 59.4 cm³/mol. The number of para-hydroxylation sites is 1. The molecule has 0 aliphatic carbocycles. The Hall–Kier alpha value is -1.73. The van der Waals surface area contributed by atoms with Crippen molar-refractivity contribution >= 4 is 0 Å². The highest BCUT2D eigenvalue weighted by atomic mass is 16.5. The lowest BCUT2D eigenvalue weighted by Crippen LogP contribution is -2.02. The van der Waals surface area contributed by atoms with Crippen LogP contribution >= 0.6 is 0 Å². The van der Waals surface area contributed by atoms with E-state index >= 15 is 0 Å². The summed E-state index contributed by atoms with van der Waals surface area (Å²) in [6.45, 7) is 2.39. The van der Waals surface area contributed by atoms with Crippen molar-refractivity contribution in [3.63, 3.8) is 0 Å². The summed E-state index contributed by atoms with van der Waals surface area (Å²) in [5.41, 5.74) is 0.579. The lowest BCUT2D eigenvalue weighted by molar-refractivity contribution is 0.177. The maximum atomic E-state index is 9.77. The zero-order valence-corrected chi connectivity index (χ0v) is 9.43. The number of nitriles is 1. The van der Waals surface area contributed by atoms with E-state index < -0.39 is 6.10 Å². The van der Waals surface area contributed by atoms with Gasteiger partial charge in [-0.2, -0.15) is 5.26 Å². The molecule has 0 saturated carbocycles. The largest absolute Gasteiger partial charge is 0.492 e. The standard InChI is InChI=1S/C12H15NO3/c1-3-16-11-6-4-5-9(12(11)15-2)10(14)7-8-13/h4-6,10,14H,3,7H2,1-2H3. The molecule has 0 aromatic heterocycles. The third-order valence-electron chi connectivity index (χ3n) is 2.16. The maximum Gasteiger partial charge on any atom is 0.166 e. The lowest BCUT2D eigenvalue weighted by atomic mass is 10.1. The zero-order chi connectivity index (χ0) is 12.0. The van der Waals surface area contributed by atoms with E-state index in [0.29, 0.717) is 23.7 Å². The van der Waals surface area contributed by atoms with Gasteiger partial charge in [-0.1, -0.05) is 12.1 Å². The summed E-state index contributed by atoms with van der Waals surface area (Å²) in [6.07, 6.45) is -0.813. The van der Waals surface area contributed by atoms with Gasteiger partial charge in [0.25, 0.3) is 0 Å². The van der Waals surface area contributed by atoms with Crippen LogP contribution in [0.15, 0.2) is 18.2 Å². The van der Waals surface area contributed by atoms with Crippen molar-refractivity contribution in [1.29, 1.82) is 5.26 Å². The molecule has 4 heteroatoms. The first-order chi connectivity index (χ1) is 7.74. The molecule has 86 valence electrons. The molecular formula is C12H15NO3. The molecular weight excluding hydrogens is 206 g/mol. The first-order valence-corrected chi connectivity index (χ1v) is 5.09. The second kappa shape index (κ2) is 5.99. The molecule has 0 amide bonds. The summed E-state index contributed by atoms with van der Waals surface area (Å²) in [5, 5.41) is 18.3. The summed E-state index contributed by atoms with van der Waals surface area (Å²) in [6, 6.07) is 7.18. The molecule has 1 N–H and O–H groups in total. The van der Waals surface area contributed by atoms with Crippen LogP contribution in [0.25, 0.3) is 0 Å². The fraction of sp³-hybridized carbons (Fsp3) is 0.417. The van der Waals surface area contributed by atoms with Gasteiger partial charge in [-0.3, -0.25) is 0 Å². The second-order valence-corrected chi connectivity index (χ2v) is 3.19. The molecule has 0 fully saturated rings. The number of rotatable bonds is 5. The van der Waals surface area contributed by atoms with Gasteiger partial charge in [-0.15, -0.1) is 0 Å². The molecule has 1 rings (SSSR count). The van der Waals surface area contributed by atoms with Crippen molar-refractivity contribution in [2.45, 2.75) is 19.4 Å². The van der Waals surface area contributed by atoms with Gasteiger partial charge in [-0.25, -0.2) is 0 Å². The molecule has 1 unspecified atom stereocenters. The quantitative estimate of drug-likeness (QED) is 0.826. The average Bonchev–Trinajstić information content (AvgIpc) is 2.29. The normalized spacial score (nSPS) is 11.6. The molecule has 0 aliphatic heterocycles. The fourth-order valence-corrected chi connectivity index (χ4v) is 1.48. The molecule has 0 spiro atoms. The van der Waals surface area contributed by atoms with Crippen molar-refractivity contribution < 1.29 is 14.6 Å². The van der Waals surface area contributed by atoms with Crippen LogP contribution in [-0.2, 0) is 0 Å². The molecule has 0 radical (unpaired) electrons. The Morgan fingerprint density at radius 1 is 1.50 bits per heavy atom. The Morgan fingerprint density at radius 2 is 2.25 bits per heavy atom. The number of aliphatic hydroxyl groups excluding tert-OH is 1. The minimum absolute atomic E-state index is 0.0337. The van der Waals surface area contributed by atoms with E-state index in [1.165, 1.54) is 7.11 Å². The number of benzene rings is 1. The summed E-state index contributed by atoms with van der Waals surface area (Å²) in [7, 11) is 1.51. The second-order valence-electron chi connectivity index (χ2n) is 3.19. The Labute approximate surface area is 95.0 Å². The van der Waals surface area contributed by atoms with Gasteiger partial charge in [0.1, 0.15) is 0 Å². The van der Waals surface area contributed by atoms with Crippen molar-refractivity contribution in [2.75, 3.05) is 13.7 Å². The van der Waals surface area contributed by atoms with Crippen LogP contribution in [-0.4, -0.2) is 18.8 Å². The van der Waals surface area contributed by atoms with Crippen LogP contribution in [0.5, 0.6) is 11.5 Å². The molecule has 1 atom stereocenters. The Kier molecular flexibility index (Phi) is 4.62. The van der Waals surface area contributed by atoms with Crippen LogP contribution in [0.2, 0.25) is 0 Å². The zero-order valence-electron chi connectivity index (χ0n) is 9.43. The average molecular weight is 221 g/mol. The molecule has 16 heavy (non-hydrogen) atoms. The van der Waals surface area contributed by atoms with Crippen molar-refractivity contribution in [1.82, 2.24) is 0 Å². The number of hydrogen-bond acceptors (Lipinski definition) is 4. The van der Waals surface area contributed by atoms with Gasteiger partial charge >= 0.3 is 0 Å². The Morgan fingerprint density at radius 3 is 2.81 bits per heavy atom. The van der Waals surface area contributed by atoms with E-state index in [4.69, 9.17) is 14.7 Å². The van der Waals surface area contributed by atoms with E-state index in [9.17, 15) is 5.11 Å². The molecule has 0 aliphatic rings. The van der Waals surface area contributed by atoms with Gasteiger partial charge in [0.15, 0.2) is 11.5 Å². The maximum absolute atomic E-state index is 9.77. The van der Waals surface area contributed by atoms with E-state index in [0.717, 1.165) is 0 Å². The highest BCUT2D eigenvalue weighted by Crippen LogP contribution is 2.35. The van der Waals surface area contributed by atoms with Crippen LogP contribution in [0.1, 0.15) is 25.0 Å². The highest BCUT2D eigenvalue weighted by molar-refractivity contribution is 5.47. The Balaban J connectivity index is 3.08. The van der Waals surface area contributed by atoms with Crippen LogP contribution in [0.4, 0.5) is 0 Å². The van der Waals surface area contributed by atoms with Crippen LogP contribution in [0.3, 0.4) is 0 Å². The lowest BCUT2D eigenvalue weighted by Gasteiger charge is -2.15. The fourth-order valence-electron chi connectivity index (χ4n) is 1.48. The number of hydrogen-bond donors (Lipinski definition) is 1. The highest BCUT2D eigenvalue weighted by Gasteiger charge is 2.16. The summed E-state index contributed by atoms with van der Waals surface area (Å²) < 4.78 is 10.6. The smallest absolute Gasteiger partial charge is 0.166 e. The van der Waals surface area contributed by atoms with Gasteiger partial charge in [-0.05, 0) is 13.0 Å². The number of aliphatic hydroxyl groups is 1. The van der Waals surface area contributed by atoms with Gasteiger partial charge in [0, 0.05) is 5.56 Å². The molecule has 0 bridgehead atoms. The summed E-state index contributed by atoms with van der Waals surface area (Å²) >= 11 is 0. The molecule has 0 saturated heterocycles. The van der Waals surface area contributed by atoms with Crippen molar-refractivity contribution in [3.8, 4) is 17.6 Å². The monoisotopic (exact) mass is 221 g/mol. The summed E-state index contributed by atoms with van der Waals surface area (Å²) in [4.78, 5) is 0.